The van der Waals surface area contributed by atoms with Gasteiger partial charge in [-0.25, -0.2) is 4.98 Å². The Kier molecular flexibility index (Phi) is 5.08. The molecule has 0 atom stereocenters. The number of benzene rings is 1. The van der Waals surface area contributed by atoms with Gasteiger partial charge < -0.3 is 0 Å². The third-order valence-corrected chi connectivity index (χ3v) is 5.90. The summed E-state index contributed by atoms with van der Waals surface area (Å²) in [5, 5.41) is 0.404. The fourth-order valence-corrected chi connectivity index (χ4v) is 4.55. The largest absolute Gasteiger partial charge is 0.315 e. The van der Waals surface area contributed by atoms with E-state index < -0.39 is 10.0 Å². The van der Waals surface area contributed by atoms with Gasteiger partial charge in [0.25, 0.3) is 0 Å². The van der Waals surface area contributed by atoms with E-state index in [1.165, 1.54) is 10.9 Å². The summed E-state index contributed by atoms with van der Waals surface area (Å²) >= 11 is 9.30. The summed E-state index contributed by atoms with van der Waals surface area (Å²) in [6.45, 7) is 1.90. The number of hydrogen-bond acceptors (Lipinski definition) is 3. The molecule has 8 heteroatoms. The molecule has 128 valence electrons. The Morgan fingerprint density at radius 3 is 2.36 bits per heavy atom. The average molecular weight is 440 g/mol. The molecule has 2 heterocycles. The van der Waals surface area contributed by atoms with E-state index in [1.54, 1.807) is 60.9 Å². The molecule has 0 saturated carbocycles. The van der Waals surface area contributed by atoms with Gasteiger partial charge in [0.2, 0.25) is 18.2 Å². The molecule has 0 radical (unpaired) electrons. The lowest BCUT2D eigenvalue weighted by atomic mass is 10.2. The Hall–Kier alpha value is -1.96. The summed E-state index contributed by atoms with van der Waals surface area (Å²) < 4.78 is 29.6. The van der Waals surface area contributed by atoms with Crippen molar-refractivity contribution in [3.63, 3.8) is 0 Å². The van der Waals surface area contributed by atoms with Crippen molar-refractivity contribution in [1.29, 1.82) is 0 Å². The molecule has 0 spiro atoms. The molecule has 0 fully saturated rings. The minimum atomic E-state index is -3.90. The van der Waals surface area contributed by atoms with Crippen LogP contribution in [0.3, 0.4) is 0 Å². The topological polar surface area (TPSA) is 54.2 Å². The van der Waals surface area contributed by atoms with Crippen LogP contribution in [0.5, 0.6) is 0 Å². The standard InChI is InChI=1S/C17H14BrClN3O2S/c1-13-5-7-15(8-6-13)25(23,24)22(21-9-3-2-4-10-21)17-16(18)11-14(19)12-20-17/h2-12H,1H3/q+1. The molecule has 2 aromatic heterocycles. The molecule has 0 bridgehead atoms. The van der Waals surface area contributed by atoms with E-state index in [0.717, 1.165) is 9.98 Å². The molecule has 0 aliphatic carbocycles. The van der Waals surface area contributed by atoms with Crippen molar-refractivity contribution in [1.82, 2.24) is 4.98 Å². The maximum atomic E-state index is 13.3. The third kappa shape index (κ3) is 3.68. The van der Waals surface area contributed by atoms with Crippen molar-refractivity contribution in [2.24, 2.45) is 0 Å². The molecule has 3 rings (SSSR count). The van der Waals surface area contributed by atoms with E-state index in [4.69, 9.17) is 11.6 Å². The molecular weight excluding hydrogens is 426 g/mol. The first-order chi connectivity index (χ1) is 11.9. The average Bonchev–Trinajstić information content (AvgIpc) is 2.58. The molecule has 3 aromatic rings. The number of aromatic nitrogens is 2. The monoisotopic (exact) mass is 438 g/mol. The van der Waals surface area contributed by atoms with E-state index in [9.17, 15) is 8.42 Å². The van der Waals surface area contributed by atoms with Gasteiger partial charge in [0.05, 0.1) is 14.4 Å². The second kappa shape index (κ2) is 7.11. The Morgan fingerprint density at radius 1 is 1.12 bits per heavy atom. The van der Waals surface area contributed by atoms with Crippen molar-refractivity contribution in [3.8, 4) is 0 Å². The van der Waals surface area contributed by atoms with Crippen molar-refractivity contribution in [3.05, 3.63) is 82.2 Å². The summed E-state index contributed by atoms with van der Waals surface area (Å²) in [5.41, 5.74) is 0.976. The number of pyridine rings is 2. The van der Waals surface area contributed by atoms with E-state index in [1.807, 2.05) is 6.92 Å². The lowest BCUT2D eigenvalue weighted by Gasteiger charge is -2.18. The van der Waals surface area contributed by atoms with Gasteiger partial charge in [-0.05, 0) is 45.5 Å². The van der Waals surface area contributed by atoms with Gasteiger partial charge in [0, 0.05) is 18.3 Å². The van der Waals surface area contributed by atoms with Crippen LogP contribution < -0.4 is 9.09 Å². The van der Waals surface area contributed by atoms with E-state index in [-0.39, 0.29) is 10.7 Å². The number of rotatable bonds is 4. The number of aryl methyl sites for hydroxylation is 1. The van der Waals surface area contributed by atoms with Crippen LogP contribution in [-0.4, -0.2) is 13.4 Å². The number of sulfonamides is 1. The maximum Gasteiger partial charge on any atom is 0.315 e. The van der Waals surface area contributed by atoms with Gasteiger partial charge in [0.1, 0.15) is 0 Å². The van der Waals surface area contributed by atoms with Crippen molar-refractivity contribution in [2.45, 2.75) is 11.8 Å². The van der Waals surface area contributed by atoms with Crippen LogP contribution >= 0.6 is 27.5 Å². The number of halogens is 2. The summed E-state index contributed by atoms with van der Waals surface area (Å²) in [5.74, 6) is 0.209. The molecule has 25 heavy (non-hydrogen) atoms. The smallest absolute Gasteiger partial charge is 0.230 e. The zero-order valence-corrected chi connectivity index (χ0v) is 16.3. The normalized spacial score (nSPS) is 11.3. The quantitative estimate of drug-likeness (QED) is 0.582. The molecule has 0 N–H and O–H groups in total. The zero-order valence-electron chi connectivity index (χ0n) is 13.2. The van der Waals surface area contributed by atoms with Crippen LogP contribution in [0.4, 0.5) is 5.82 Å². The fourth-order valence-electron chi connectivity index (χ4n) is 2.22. The molecule has 1 aromatic carbocycles. The molecule has 0 saturated heterocycles. The first-order valence-electron chi connectivity index (χ1n) is 7.29. The predicted octanol–water partition coefficient (Wildman–Crippen LogP) is 3.75. The summed E-state index contributed by atoms with van der Waals surface area (Å²) in [7, 11) is -3.90. The van der Waals surface area contributed by atoms with Gasteiger partial charge in [-0.3, -0.25) is 0 Å². The minimum absolute atomic E-state index is 0.165. The summed E-state index contributed by atoms with van der Waals surface area (Å²) in [4.78, 5) is 4.38. The lowest BCUT2D eigenvalue weighted by Crippen LogP contribution is -2.57. The molecule has 0 unspecified atom stereocenters. The first kappa shape index (κ1) is 17.8. The van der Waals surface area contributed by atoms with Gasteiger partial charge in [-0.1, -0.05) is 40.0 Å². The van der Waals surface area contributed by atoms with E-state index >= 15 is 0 Å². The van der Waals surface area contributed by atoms with Crippen LogP contribution in [0.15, 0.2) is 76.5 Å². The Labute approximate surface area is 159 Å². The highest BCUT2D eigenvalue weighted by atomic mass is 79.9. The van der Waals surface area contributed by atoms with Gasteiger partial charge in [-0.15, -0.1) is 0 Å². The van der Waals surface area contributed by atoms with Crippen LogP contribution in [0.1, 0.15) is 5.56 Å². The van der Waals surface area contributed by atoms with Crippen LogP contribution in [0.25, 0.3) is 0 Å². The van der Waals surface area contributed by atoms with Crippen LogP contribution in [0, 0.1) is 6.92 Å². The third-order valence-electron chi connectivity index (χ3n) is 3.43. The summed E-state index contributed by atoms with van der Waals surface area (Å²) in [6.07, 6.45) is 4.67. The first-order valence-corrected chi connectivity index (χ1v) is 9.90. The van der Waals surface area contributed by atoms with Gasteiger partial charge in [-0.2, -0.15) is 8.42 Å². The summed E-state index contributed by atoms with van der Waals surface area (Å²) in [6, 6.07) is 13.5. The maximum absolute atomic E-state index is 13.3. The highest BCUT2D eigenvalue weighted by Gasteiger charge is 2.35. The molecule has 5 nitrogen and oxygen atoms in total. The van der Waals surface area contributed by atoms with Gasteiger partial charge in [0.15, 0.2) is 0 Å². The van der Waals surface area contributed by atoms with E-state index in [2.05, 4.69) is 20.9 Å². The lowest BCUT2D eigenvalue weighted by molar-refractivity contribution is -0.668. The Balaban J connectivity index is 2.23. The molecule has 0 aliphatic heterocycles. The number of hydrogen-bond donors (Lipinski definition) is 0. The Bertz CT molecular complexity index is 996. The van der Waals surface area contributed by atoms with Crippen molar-refractivity contribution >= 4 is 43.4 Å². The second-order valence-corrected chi connectivity index (χ2v) is 8.33. The highest BCUT2D eigenvalue weighted by Crippen LogP contribution is 2.29. The van der Waals surface area contributed by atoms with Crippen LogP contribution in [-0.2, 0) is 10.0 Å². The predicted molar refractivity (Wildman–Crippen MR) is 99.8 cm³/mol. The van der Waals surface area contributed by atoms with E-state index in [0.29, 0.717) is 9.50 Å². The Morgan fingerprint density at radius 2 is 1.76 bits per heavy atom. The molecule has 0 aliphatic rings. The minimum Gasteiger partial charge on any atom is -0.230 e. The SMILES string of the molecule is Cc1ccc(S(=O)(=O)N(c2ncc(Cl)cc2Br)[n+]2ccccc2)cc1. The second-order valence-electron chi connectivity index (χ2n) is 5.28. The van der Waals surface area contributed by atoms with Crippen molar-refractivity contribution in [2.75, 3.05) is 4.41 Å². The molecule has 0 amide bonds. The fraction of sp³-hybridized carbons (Fsp3) is 0.0588. The van der Waals surface area contributed by atoms with Gasteiger partial charge >= 0.3 is 10.0 Å². The zero-order chi connectivity index (χ0) is 18.0. The molecular formula is C17H14BrClN3O2S+. The highest BCUT2D eigenvalue weighted by molar-refractivity contribution is 9.10. The number of nitrogens with zero attached hydrogens (tertiary/aromatic N) is 3. The van der Waals surface area contributed by atoms with Crippen LogP contribution in [0.2, 0.25) is 5.02 Å². The van der Waals surface area contributed by atoms with Crippen molar-refractivity contribution < 1.29 is 13.1 Å². The number of anilines is 1.